The van der Waals surface area contributed by atoms with Gasteiger partial charge in [0.15, 0.2) is 6.23 Å². The maximum absolute atomic E-state index is 12.7. The first-order valence-electron chi connectivity index (χ1n) is 12.5. The van der Waals surface area contributed by atoms with Crippen LogP contribution in [0.3, 0.4) is 0 Å². The summed E-state index contributed by atoms with van der Waals surface area (Å²) < 4.78 is 35.4. The average Bonchev–Trinajstić information content (AvgIpc) is 3.00. The van der Waals surface area contributed by atoms with Crippen molar-refractivity contribution in [2.45, 2.75) is 108 Å². The Hall–Kier alpha value is -1.09. The van der Waals surface area contributed by atoms with Crippen LogP contribution in [0.1, 0.15) is 68.0 Å². The summed E-state index contributed by atoms with van der Waals surface area (Å²) in [5, 5.41) is 0. The molecule has 3 saturated heterocycles. The van der Waals surface area contributed by atoms with E-state index in [1.54, 1.807) is 0 Å². The van der Waals surface area contributed by atoms with E-state index in [4.69, 9.17) is 22.4 Å². The van der Waals surface area contributed by atoms with Crippen molar-refractivity contribution in [1.82, 2.24) is 9.55 Å². The van der Waals surface area contributed by atoms with E-state index >= 15 is 0 Å². The summed E-state index contributed by atoms with van der Waals surface area (Å²) in [6, 6.07) is 1.33. The Labute approximate surface area is 203 Å². The topological polar surface area (TPSA) is 101 Å². The number of H-pyrrole nitrogens is 1. The van der Waals surface area contributed by atoms with Crippen molar-refractivity contribution in [3.05, 3.63) is 33.1 Å². The van der Waals surface area contributed by atoms with Crippen LogP contribution in [0.5, 0.6) is 0 Å². The van der Waals surface area contributed by atoms with Crippen LogP contribution in [-0.4, -0.2) is 57.7 Å². The Morgan fingerprint density at radius 1 is 1.00 bits per heavy atom. The lowest BCUT2D eigenvalue weighted by atomic mass is 9.86. The van der Waals surface area contributed by atoms with E-state index in [0.29, 0.717) is 19.6 Å². The normalized spacial score (nSPS) is 32.8. The van der Waals surface area contributed by atoms with E-state index < -0.39 is 52.4 Å². The zero-order chi connectivity index (χ0) is 25.1. The summed E-state index contributed by atoms with van der Waals surface area (Å²) in [5.74, 6) is 0. The molecule has 9 nitrogen and oxygen atoms in total. The molecule has 192 valence electrons. The molecule has 1 spiro atoms. The van der Waals surface area contributed by atoms with Gasteiger partial charge in [-0.25, -0.2) is 4.79 Å². The van der Waals surface area contributed by atoms with Crippen molar-refractivity contribution in [3.8, 4) is 0 Å². The standard InChI is InChI=1S/C23H40N2O7Si2/c1-14(2)33(15(3)4)29-13-18-20(31-34(32-33,16(5)6)17(7)8)23(10-12-28-23)21(30-18)25-11-9-19(26)24-22(25)27/h9,11,14-18,20-21H,10,12-13H2,1-8H3,(H,24,26,27)/t18-,20-,21-,23-/m1/s1. The molecule has 0 aliphatic carbocycles. The Morgan fingerprint density at radius 3 is 2.06 bits per heavy atom. The zero-order valence-corrected chi connectivity index (χ0v) is 23.6. The van der Waals surface area contributed by atoms with Crippen molar-refractivity contribution in [1.29, 1.82) is 0 Å². The lowest BCUT2D eigenvalue weighted by Gasteiger charge is -2.54. The summed E-state index contributed by atoms with van der Waals surface area (Å²) in [6.07, 6.45) is 0.585. The molecule has 3 aliphatic rings. The van der Waals surface area contributed by atoms with E-state index in [0.717, 1.165) is 0 Å². The fraction of sp³-hybridized carbons (Fsp3) is 0.826. The largest absolute Gasteiger partial charge is 0.414 e. The minimum absolute atomic E-state index is 0.172. The second-order valence-electron chi connectivity index (χ2n) is 11.1. The summed E-state index contributed by atoms with van der Waals surface area (Å²) >= 11 is 0. The second kappa shape index (κ2) is 9.09. The smallest absolute Gasteiger partial charge is 0.335 e. The van der Waals surface area contributed by atoms with Crippen molar-refractivity contribution in [2.24, 2.45) is 0 Å². The van der Waals surface area contributed by atoms with Crippen LogP contribution in [0.15, 0.2) is 21.9 Å². The Morgan fingerprint density at radius 2 is 1.59 bits per heavy atom. The number of fused-ring (bicyclic) bond motifs is 2. The number of hydrogen-bond donors (Lipinski definition) is 1. The first-order valence-corrected chi connectivity index (χ1v) is 16.5. The average molecular weight is 513 g/mol. The molecule has 1 aromatic rings. The third-order valence-electron chi connectivity index (χ3n) is 7.83. The maximum atomic E-state index is 12.7. The molecular formula is C23H40N2O7Si2. The molecule has 0 amide bonds. The monoisotopic (exact) mass is 512 g/mol. The zero-order valence-electron chi connectivity index (χ0n) is 21.6. The molecule has 1 N–H and O–H groups in total. The highest BCUT2D eigenvalue weighted by atomic mass is 28.5. The molecular weight excluding hydrogens is 472 g/mol. The van der Waals surface area contributed by atoms with Crippen LogP contribution < -0.4 is 11.2 Å². The predicted molar refractivity (Wildman–Crippen MR) is 132 cm³/mol. The summed E-state index contributed by atoms with van der Waals surface area (Å²) in [4.78, 5) is 26.7. The highest BCUT2D eigenvalue weighted by molar-refractivity contribution is 6.84. The molecule has 4 atom stereocenters. The Bertz CT molecular complexity index is 986. The molecule has 0 aromatic carbocycles. The quantitative estimate of drug-likeness (QED) is 0.602. The Balaban J connectivity index is 1.84. The molecule has 4 rings (SSSR count). The maximum Gasteiger partial charge on any atom is 0.335 e. The summed E-state index contributed by atoms with van der Waals surface area (Å²) in [7, 11) is -5.56. The van der Waals surface area contributed by atoms with Gasteiger partial charge in [0, 0.05) is 18.7 Å². The van der Waals surface area contributed by atoms with Gasteiger partial charge in [-0.15, -0.1) is 0 Å². The molecule has 3 aliphatic heterocycles. The Kier molecular flexibility index (Phi) is 6.95. The van der Waals surface area contributed by atoms with E-state index in [1.807, 2.05) is 0 Å². The van der Waals surface area contributed by atoms with Gasteiger partial charge in [0.1, 0.15) is 17.8 Å². The van der Waals surface area contributed by atoms with Gasteiger partial charge in [-0.05, 0) is 22.2 Å². The van der Waals surface area contributed by atoms with Crippen molar-refractivity contribution >= 4 is 17.1 Å². The summed E-state index contributed by atoms with van der Waals surface area (Å²) in [5.41, 5.74) is -1.01. The van der Waals surface area contributed by atoms with E-state index in [2.05, 4.69) is 60.4 Å². The first kappa shape index (κ1) is 26.0. The molecule has 0 bridgehead atoms. The lowest BCUT2D eigenvalue weighted by Crippen LogP contribution is -2.68. The SMILES string of the molecule is CC(C)[Si]1(C(C)C)OC[C@H]2O[C@@H](n3ccc(=O)[nH]c3=O)[C@@]3(CCO3)[C@@H]2O[Si](C(C)C)(C(C)C)O1. The number of nitrogens with zero attached hydrogens (tertiary/aromatic N) is 1. The van der Waals surface area contributed by atoms with Gasteiger partial charge in [-0.3, -0.25) is 14.3 Å². The number of rotatable bonds is 5. The molecule has 0 radical (unpaired) electrons. The second-order valence-corrected chi connectivity index (χ2v) is 20.0. The minimum Gasteiger partial charge on any atom is -0.414 e. The van der Waals surface area contributed by atoms with Crippen molar-refractivity contribution in [2.75, 3.05) is 13.2 Å². The van der Waals surface area contributed by atoms with Crippen LogP contribution in [-0.2, 0) is 22.4 Å². The number of aromatic nitrogens is 2. The molecule has 0 saturated carbocycles. The molecule has 0 unspecified atom stereocenters. The number of nitrogens with one attached hydrogen (secondary N) is 1. The van der Waals surface area contributed by atoms with E-state index in [-0.39, 0.29) is 22.2 Å². The highest BCUT2D eigenvalue weighted by Gasteiger charge is 2.68. The van der Waals surface area contributed by atoms with Gasteiger partial charge in [0.2, 0.25) is 0 Å². The number of aromatic amines is 1. The lowest BCUT2D eigenvalue weighted by molar-refractivity contribution is -0.226. The van der Waals surface area contributed by atoms with Gasteiger partial charge in [0.05, 0.1) is 13.2 Å². The minimum atomic E-state index is -2.86. The molecule has 4 heterocycles. The predicted octanol–water partition coefficient (Wildman–Crippen LogP) is 3.55. The van der Waals surface area contributed by atoms with Gasteiger partial charge < -0.3 is 22.4 Å². The molecule has 34 heavy (non-hydrogen) atoms. The molecule has 3 fully saturated rings. The third-order valence-corrected chi connectivity index (χ3v) is 18.1. The van der Waals surface area contributed by atoms with Crippen molar-refractivity contribution in [3.63, 3.8) is 0 Å². The molecule has 1 aromatic heterocycles. The van der Waals surface area contributed by atoms with Crippen LogP contribution in [0, 0.1) is 0 Å². The van der Waals surface area contributed by atoms with Gasteiger partial charge in [-0.2, -0.15) is 0 Å². The third kappa shape index (κ3) is 3.84. The van der Waals surface area contributed by atoms with Crippen LogP contribution in [0.25, 0.3) is 0 Å². The van der Waals surface area contributed by atoms with Crippen LogP contribution in [0.2, 0.25) is 22.2 Å². The van der Waals surface area contributed by atoms with Gasteiger partial charge in [0.25, 0.3) is 5.56 Å². The fourth-order valence-corrected chi connectivity index (χ4v) is 17.1. The van der Waals surface area contributed by atoms with Crippen molar-refractivity contribution < 1.29 is 22.4 Å². The number of hydrogen-bond acceptors (Lipinski definition) is 7. The van der Waals surface area contributed by atoms with Crippen LogP contribution >= 0.6 is 0 Å². The molecule has 11 heteroatoms. The van der Waals surface area contributed by atoms with Gasteiger partial charge in [-0.1, -0.05) is 55.4 Å². The fourth-order valence-electron chi connectivity index (χ4n) is 5.90. The highest BCUT2D eigenvalue weighted by Crippen LogP contribution is 2.54. The van der Waals surface area contributed by atoms with Crippen LogP contribution in [0.4, 0.5) is 0 Å². The number of ether oxygens (including phenoxy) is 2. The van der Waals surface area contributed by atoms with E-state index in [1.165, 1.54) is 16.8 Å². The van der Waals surface area contributed by atoms with E-state index in [9.17, 15) is 9.59 Å². The first-order chi connectivity index (χ1) is 15.9. The van der Waals surface area contributed by atoms with Gasteiger partial charge >= 0.3 is 22.8 Å². The summed E-state index contributed by atoms with van der Waals surface area (Å²) in [6.45, 7) is 18.3.